The maximum Gasteiger partial charge on any atom is 0.263 e. The lowest BCUT2D eigenvalue weighted by Crippen LogP contribution is -2.45. The van der Waals surface area contributed by atoms with Crippen LogP contribution in [0.1, 0.15) is 45.8 Å². The van der Waals surface area contributed by atoms with Crippen molar-refractivity contribution in [2.24, 2.45) is 5.73 Å². The Labute approximate surface area is 165 Å². The molecule has 3 N–H and O–H groups in total. The van der Waals surface area contributed by atoms with Crippen LogP contribution in [0.4, 0.5) is 0 Å². The molecule has 0 bridgehead atoms. The normalized spacial score (nSPS) is 24.8. The molecule has 5 nitrogen and oxygen atoms in total. The van der Waals surface area contributed by atoms with E-state index in [1.807, 2.05) is 4.90 Å². The molecule has 3 aliphatic rings. The molecule has 25 heavy (non-hydrogen) atoms. The molecule has 0 radical (unpaired) electrons. The van der Waals surface area contributed by atoms with Crippen LogP contribution in [0, 0.1) is 0 Å². The maximum atomic E-state index is 12.9. The number of carbonyl (C=O) groups excluding carboxylic acids is 1. The number of likely N-dealkylation sites (tertiary alicyclic amines) is 1. The number of halogens is 2. The highest BCUT2D eigenvalue weighted by Crippen LogP contribution is 2.43. The maximum absolute atomic E-state index is 12.9. The topological polar surface area (TPSA) is 67.6 Å². The van der Waals surface area contributed by atoms with Crippen LogP contribution in [-0.4, -0.2) is 49.6 Å². The number of carbonyl (C=O) groups is 1. The van der Waals surface area contributed by atoms with Crippen LogP contribution in [0.25, 0.3) is 0 Å². The molecule has 0 aliphatic carbocycles. The summed E-state index contributed by atoms with van der Waals surface area (Å²) in [5.74, 6) is 0.156. The molecule has 1 aromatic heterocycles. The molecule has 4 rings (SSSR count). The Kier molecular flexibility index (Phi) is 7.16. The molecule has 8 heteroatoms. The van der Waals surface area contributed by atoms with Gasteiger partial charge in [-0.2, -0.15) is 0 Å². The lowest BCUT2D eigenvalue weighted by Gasteiger charge is -2.40. The molecule has 1 aromatic rings. The summed E-state index contributed by atoms with van der Waals surface area (Å²) < 4.78 is 6.21. The fraction of sp³-hybridized carbons (Fsp3) is 0.706. The average molecular weight is 408 g/mol. The summed E-state index contributed by atoms with van der Waals surface area (Å²) in [5.41, 5.74) is 7.15. The number of nitrogens with zero attached hydrogens (tertiary/aromatic N) is 1. The van der Waals surface area contributed by atoms with Gasteiger partial charge in [-0.15, -0.1) is 36.2 Å². The minimum absolute atomic E-state index is 0. The van der Waals surface area contributed by atoms with Crippen LogP contribution in [0.15, 0.2) is 6.07 Å². The number of rotatable bonds is 1. The molecule has 0 saturated carbocycles. The number of piperidine rings is 2. The van der Waals surface area contributed by atoms with Crippen LogP contribution >= 0.6 is 36.2 Å². The third-order valence-electron chi connectivity index (χ3n) is 5.37. The van der Waals surface area contributed by atoms with E-state index in [0.29, 0.717) is 6.54 Å². The van der Waals surface area contributed by atoms with Crippen LogP contribution in [0.3, 0.4) is 0 Å². The van der Waals surface area contributed by atoms with Crippen molar-refractivity contribution < 1.29 is 9.53 Å². The van der Waals surface area contributed by atoms with Crippen molar-refractivity contribution in [1.29, 1.82) is 0 Å². The number of nitrogens with two attached hydrogens (primary N) is 1. The quantitative estimate of drug-likeness (QED) is 0.749. The summed E-state index contributed by atoms with van der Waals surface area (Å²) in [6.45, 7) is 4.27. The predicted octanol–water partition coefficient (Wildman–Crippen LogP) is 2.31. The molecule has 2 fully saturated rings. The van der Waals surface area contributed by atoms with Crippen LogP contribution in [0.2, 0.25) is 0 Å². The number of hydrogen-bond donors (Lipinski definition) is 2. The SMILES string of the molecule is Cl.Cl.N[C@H]1CCCN(C(=O)c2cc3c(s2)CCOC32CCNCC2)C1. The van der Waals surface area contributed by atoms with Gasteiger partial charge in [-0.05, 0) is 50.4 Å². The summed E-state index contributed by atoms with van der Waals surface area (Å²) in [7, 11) is 0. The summed E-state index contributed by atoms with van der Waals surface area (Å²) in [6.07, 6.45) is 4.96. The molecule has 1 amide bonds. The van der Waals surface area contributed by atoms with Gasteiger partial charge in [0.25, 0.3) is 5.91 Å². The van der Waals surface area contributed by atoms with Gasteiger partial charge in [0, 0.05) is 30.4 Å². The minimum Gasteiger partial charge on any atom is -0.370 e. The standard InChI is InChI=1S/C17H25N3O2S.2ClH/c18-12-2-1-8-20(11-12)16(21)15-10-13-14(23-15)3-9-22-17(13)4-6-19-7-5-17;;/h10,12,19H,1-9,11,18H2;2*1H/t12-;;/m0../s1. The number of hydrogen-bond acceptors (Lipinski definition) is 5. The number of nitrogens with one attached hydrogen (secondary N) is 1. The van der Waals surface area contributed by atoms with Crippen LogP contribution < -0.4 is 11.1 Å². The highest BCUT2D eigenvalue weighted by atomic mass is 35.5. The Morgan fingerprint density at radius 1 is 1.36 bits per heavy atom. The zero-order valence-electron chi connectivity index (χ0n) is 14.3. The average Bonchev–Trinajstić information content (AvgIpc) is 3.01. The fourth-order valence-electron chi connectivity index (χ4n) is 4.12. The minimum atomic E-state index is -0.161. The van der Waals surface area contributed by atoms with E-state index < -0.39 is 0 Å². The first kappa shape index (κ1) is 20.9. The fourth-order valence-corrected chi connectivity index (χ4v) is 5.32. The van der Waals surface area contributed by atoms with E-state index in [0.717, 1.165) is 63.2 Å². The van der Waals surface area contributed by atoms with Gasteiger partial charge in [0.05, 0.1) is 17.1 Å². The molecule has 1 atom stereocenters. The van der Waals surface area contributed by atoms with Gasteiger partial charge < -0.3 is 20.7 Å². The third kappa shape index (κ3) is 3.99. The Morgan fingerprint density at radius 2 is 2.12 bits per heavy atom. The van der Waals surface area contributed by atoms with Crippen molar-refractivity contribution >= 4 is 42.1 Å². The lowest BCUT2D eigenvalue weighted by atomic mass is 9.83. The largest absolute Gasteiger partial charge is 0.370 e. The van der Waals surface area contributed by atoms with Gasteiger partial charge in [0.2, 0.25) is 0 Å². The molecular weight excluding hydrogens is 381 g/mol. The lowest BCUT2D eigenvalue weighted by molar-refractivity contribution is -0.0792. The molecule has 3 aliphatic heterocycles. The Bertz CT molecular complexity index is 605. The number of ether oxygens (including phenoxy) is 1. The molecule has 0 unspecified atom stereocenters. The van der Waals surface area contributed by atoms with Gasteiger partial charge in [-0.1, -0.05) is 0 Å². The zero-order valence-corrected chi connectivity index (χ0v) is 16.7. The van der Waals surface area contributed by atoms with Crippen molar-refractivity contribution in [2.45, 2.75) is 43.7 Å². The van der Waals surface area contributed by atoms with E-state index in [1.54, 1.807) is 11.3 Å². The summed E-state index contributed by atoms with van der Waals surface area (Å²) in [5, 5.41) is 3.41. The van der Waals surface area contributed by atoms with Crippen molar-refractivity contribution in [3.05, 3.63) is 21.4 Å². The first-order valence-corrected chi connectivity index (χ1v) is 9.52. The second-order valence-electron chi connectivity index (χ2n) is 6.94. The van der Waals surface area contributed by atoms with Gasteiger partial charge in [-0.3, -0.25) is 4.79 Å². The Morgan fingerprint density at radius 3 is 2.84 bits per heavy atom. The highest BCUT2D eigenvalue weighted by molar-refractivity contribution is 7.14. The van der Waals surface area contributed by atoms with E-state index in [4.69, 9.17) is 10.5 Å². The first-order chi connectivity index (χ1) is 11.2. The third-order valence-corrected chi connectivity index (χ3v) is 6.56. The van der Waals surface area contributed by atoms with Gasteiger partial charge >= 0.3 is 0 Å². The van der Waals surface area contributed by atoms with Crippen molar-refractivity contribution in [1.82, 2.24) is 10.2 Å². The predicted molar refractivity (Wildman–Crippen MR) is 105 cm³/mol. The number of amides is 1. The molecule has 1 spiro atoms. The molecule has 142 valence electrons. The van der Waals surface area contributed by atoms with E-state index >= 15 is 0 Å². The Hall–Kier alpha value is -0.370. The zero-order chi connectivity index (χ0) is 15.9. The molecule has 2 saturated heterocycles. The summed E-state index contributed by atoms with van der Waals surface area (Å²) >= 11 is 1.67. The van der Waals surface area contributed by atoms with Crippen molar-refractivity contribution in [3.8, 4) is 0 Å². The first-order valence-electron chi connectivity index (χ1n) is 8.71. The van der Waals surface area contributed by atoms with E-state index in [-0.39, 0.29) is 42.4 Å². The summed E-state index contributed by atoms with van der Waals surface area (Å²) in [6, 6.07) is 2.24. The van der Waals surface area contributed by atoms with Crippen LogP contribution in [-0.2, 0) is 16.8 Å². The van der Waals surface area contributed by atoms with E-state index in [2.05, 4.69) is 11.4 Å². The monoisotopic (exact) mass is 407 g/mol. The smallest absolute Gasteiger partial charge is 0.263 e. The van der Waals surface area contributed by atoms with E-state index in [9.17, 15) is 4.79 Å². The van der Waals surface area contributed by atoms with Crippen molar-refractivity contribution in [3.63, 3.8) is 0 Å². The molecular formula is C17H27Cl2N3O2S. The van der Waals surface area contributed by atoms with Crippen LogP contribution in [0.5, 0.6) is 0 Å². The van der Waals surface area contributed by atoms with Gasteiger partial charge in [0.1, 0.15) is 0 Å². The van der Waals surface area contributed by atoms with Crippen molar-refractivity contribution in [2.75, 3.05) is 32.8 Å². The number of thiophene rings is 1. The highest BCUT2D eigenvalue weighted by Gasteiger charge is 2.41. The molecule has 4 heterocycles. The molecule has 0 aromatic carbocycles. The van der Waals surface area contributed by atoms with Gasteiger partial charge in [0.15, 0.2) is 0 Å². The Balaban J connectivity index is 0.00000113. The summed E-state index contributed by atoms with van der Waals surface area (Å²) in [4.78, 5) is 17.0. The second kappa shape index (κ2) is 8.55. The second-order valence-corrected chi connectivity index (χ2v) is 8.08. The van der Waals surface area contributed by atoms with E-state index in [1.165, 1.54) is 10.4 Å². The number of fused-ring (bicyclic) bond motifs is 2. The van der Waals surface area contributed by atoms with Gasteiger partial charge in [-0.25, -0.2) is 0 Å².